The Morgan fingerprint density at radius 1 is 1.31 bits per heavy atom. The van der Waals surface area contributed by atoms with Gasteiger partial charge in [-0.3, -0.25) is 4.90 Å². The number of hydrogen-bond donors (Lipinski definition) is 1. The van der Waals surface area contributed by atoms with E-state index in [-0.39, 0.29) is 6.23 Å². The number of aliphatic hydroxyl groups excluding tert-OH is 1. The van der Waals surface area contributed by atoms with Gasteiger partial charge in [0.2, 0.25) is 0 Å². The summed E-state index contributed by atoms with van der Waals surface area (Å²) in [5.74, 6) is 0.427. The van der Waals surface area contributed by atoms with Gasteiger partial charge in [-0.25, -0.2) is 0 Å². The molecule has 1 saturated heterocycles. The van der Waals surface area contributed by atoms with Crippen molar-refractivity contribution in [3.63, 3.8) is 0 Å². The van der Waals surface area contributed by atoms with Crippen LogP contribution >= 0.6 is 0 Å². The standard InChI is InChI=1S/C13H28N2O/c1-5-14(6-2)13(16)12-8-7-9-15(10-12)11(3)4/h11-13,16H,5-10H2,1-4H3. The predicted octanol–water partition coefficient (Wildman–Crippen LogP) is 1.77. The highest BCUT2D eigenvalue weighted by atomic mass is 16.3. The molecule has 0 aromatic carbocycles. The van der Waals surface area contributed by atoms with Crippen molar-refractivity contribution >= 4 is 0 Å². The first-order valence-corrected chi connectivity index (χ1v) is 6.76. The van der Waals surface area contributed by atoms with Crippen LogP contribution in [0.2, 0.25) is 0 Å². The first-order chi connectivity index (χ1) is 7.60. The van der Waals surface area contributed by atoms with Gasteiger partial charge in [0, 0.05) is 18.5 Å². The molecule has 0 aliphatic carbocycles. The van der Waals surface area contributed by atoms with Gasteiger partial charge in [-0.05, 0) is 46.3 Å². The molecule has 2 atom stereocenters. The molecule has 1 aliphatic rings. The summed E-state index contributed by atoms with van der Waals surface area (Å²) in [4.78, 5) is 4.65. The third kappa shape index (κ3) is 3.44. The maximum atomic E-state index is 10.3. The molecule has 1 rings (SSSR count). The topological polar surface area (TPSA) is 26.7 Å². The highest BCUT2D eigenvalue weighted by molar-refractivity contribution is 4.79. The van der Waals surface area contributed by atoms with Gasteiger partial charge in [0.25, 0.3) is 0 Å². The van der Waals surface area contributed by atoms with Crippen molar-refractivity contribution in [2.45, 2.75) is 52.8 Å². The van der Waals surface area contributed by atoms with Gasteiger partial charge in [-0.1, -0.05) is 13.8 Å². The molecule has 0 amide bonds. The zero-order valence-corrected chi connectivity index (χ0v) is 11.3. The normalized spacial score (nSPS) is 25.3. The van der Waals surface area contributed by atoms with Crippen LogP contribution in [0.15, 0.2) is 0 Å². The summed E-state index contributed by atoms with van der Waals surface area (Å²) < 4.78 is 0. The number of likely N-dealkylation sites (tertiary alicyclic amines) is 1. The number of rotatable bonds is 5. The Morgan fingerprint density at radius 2 is 1.94 bits per heavy atom. The maximum absolute atomic E-state index is 10.3. The first-order valence-electron chi connectivity index (χ1n) is 6.76. The molecule has 2 unspecified atom stereocenters. The summed E-state index contributed by atoms with van der Waals surface area (Å²) in [6.07, 6.45) is 2.14. The van der Waals surface area contributed by atoms with Crippen LogP contribution in [0, 0.1) is 5.92 Å². The van der Waals surface area contributed by atoms with Crippen molar-refractivity contribution in [3.8, 4) is 0 Å². The molecule has 0 saturated carbocycles. The van der Waals surface area contributed by atoms with E-state index in [0.717, 1.165) is 19.6 Å². The van der Waals surface area contributed by atoms with Crippen LogP contribution < -0.4 is 0 Å². The third-order valence-electron chi connectivity index (χ3n) is 3.83. The molecule has 0 aromatic rings. The Morgan fingerprint density at radius 3 is 2.44 bits per heavy atom. The van der Waals surface area contributed by atoms with Crippen molar-refractivity contribution in [2.24, 2.45) is 5.92 Å². The second-order valence-corrected chi connectivity index (χ2v) is 5.13. The van der Waals surface area contributed by atoms with E-state index in [9.17, 15) is 5.11 Å². The first kappa shape index (κ1) is 13.9. The highest BCUT2D eigenvalue weighted by Crippen LogP contribution is 2.23. The van der Waals surface area contributed by atoms with Crippen LogP contribution in [0.5, 0.6) is 0 Å². The number of hydrogen-bond acceptors (Lipinski definition) is 3. The zero-order valence-electron chi connectivity index (χ0n) is 11.3. The molecule has 1 heterocycles. The molecular formula is C13H28N2O. The summed E-state index contributed by atoms with van der Waals surface area (Å²) in [6.45, 7) is 12.9. The van der Waals surface area contributed by atoms with Crippen LogP contribution in [-0.2, 0) is 0 Å². The molecule has 1 N–H and O–H groups in total. The van der Waals surface area contributed by atoms with Crippen molar-refractivity contribution in [2.75, 3.05) is 26.2 Å². The highest BCUT2D eigenvalue weighted by Gasteiger charge is 2.29. The monoisotopic (exact) mass is 228 g/mol. The van der Waals surface area contributed by atoms with E-state index < -0.39 is 0 Å². The fourth-order valence-electron chi connectivity index (χ4n) is 2.65. The second-order valence-electron chi connectivity index (χ2n) is 5.13. The SMILES string of the molecule is CCN(CC)C(O)C1CCCN(C(C)C)C1. The lowest BCUT2D eigenvalue weighted by molar-refractivity contribution is -0.0599. The van der Waals surface area contributed by atoms with E-state index >= 15 is 0 Å². The number of piperidine rings is 1. The Labute approximate surface area is 100 Å². The quantitative estimate of drug-likeness (QED) is 0.727. The van der Waals surface area contributed by atoms with Crippen molar-refractivity contribution in [1.29, 1.82) is 0 Å². The Kier molecular flexibility index (Phi) is 5.73. The molecule has 0 radical (unpaired) electrons. The Bertz CT molecular complexity index is 192. The largest absolute Gasteiger partial charge is 0.378 e. The fraction of sp³-hybridized carbons (Fsp3) is 1.00. The molecule has 3 heteroatoms. The number of nitrogens with zero attached hydrogens (tertiary/aromatic N) is 2. The van der Waals surface area contributed by atoms with Crippen LogP contribution in [0.1, 0.15) is 40.5 Å². The van der Waals surface area contributed by atoms with Crippen LogP contribution in [0.4, 0.5) is 0 Å². The lowest BCUT2D eigenvalue weighted by Crippen LogP contribution is -2.49. The van der Waals surface area contributed by atoms with Crippen molar-refractivity contribution < 1.29 is 5.11 Å². The summed E-state index contributed by atoms with van der Waals surface area (Å²) in [7, 11) is 0. The molecule has 0 spiro atoms. The average Bonchev–Trinajstić information content (AvgIpc) is 2.30. The Hall–Kier alpha value is -0.120. The average molecular weight is 228 g/mol. The van der Waals surface area contributed by atoms with E-state index in [2.05, 4.69) is 37.5 Å². The summed E-state index contributed by atoms with van der Waals surface area (Å²) in [6, 6.07) is 0.603. The summed E-state index contributed by atoms with van der Waals surface area (Å²) in [5, 5.41) is 10.3. The minimum absolute atomic E-state index is 0.253. The summed E-state index contributed by atoms with van der Waals surface area (Å²) >= 11 is 0. The molecule has 16 heavy (non-hydrogen) atoms. The third-order valence-corrected chi connectivity index (χ3v) is 3.83. The van der Waals surface area contributed by atoms with Gasteiger partial charge in [-0.15, -0.1) is 0 Å². The smallest absolute Gasteiger partial charge is 0.111 e. The second kappa shape index (κ2) is 6.58. The van der Waals surface area contributed by atoms with Crippen LogP contribution in [0.25, 0.3) is 0 Å². The molecule has 1 aliphatic heterocycles. The molecule has 96 valence electrons. The minimum Gasteiger partial charge on any atom is -0.378 e. The predicted molar refractivity (Wildman–Crippen MR) is 68.4 cm³/mol. The number of aliphatic hydroxyl groups is 1. The van der Waals surface area contributed by atoms with Gasteiger partial charge in [0.1, 0.15) is 6.23 Å². The molecular weight excluding hydrogens is 200 g/mol. The van der Waals surface area contributed by atoms with E-state index in [4.69, 9.17) is 0 Å². The minimum atomic E-state index is -0.253. The summed E-state index contributed by atoms with van der Waals surface area (Å²) in [5.41, 5.74) is 0. The van der Waals surface area contributed by atoms with Crippen LogP contribution in [0.3, 0.4) is 0 Å². The maximum Gasteiger partial charge on any atom is 0.111 e. The molecule has 0 bridgehead atoms. The van der Waals surface area contributed by atoms with E-state index in [0.29, 0.717) is 12.0 Å². The lowest BCUT2D eigenvalue weighted by atomic mass is 9.94. The lowest BCUT2D eigenvalue weighted by Gasteiger charge is -2.40. The van der Waals surface area contributed by atoms with Gasteiger partial charge in [0.15, 0.2) is 0 Å². The van der Waals surface area contributed by atoms with Crippen LogP contribution in [-0.4, -0.2) is 53.4 Å². The molecule has 3 nitrogen and oxygen atoms in total. The Balaban J connectivity index is 2.52. The van der Waals surface area contributed by atoms with Gasteiger partial charge >= 0.3 is 0 Å². The van der Waals surface area contributed by atoms with Crippen molar-refractivity contribution in [3.05, 3.63) is 0 Å². The molecule has 0 aromatic heterocycles. The van der Waals surface area contributed by atoms with Gasteiger partial charge in [0.05, 0.1) is 0 Å². The molecule has 1 fully saturated rings. The van der Waals surface area contributed by atoms with E-state index in [1.54, 1.807) is 0 Å². The van der Waals surface area contributed by atoms with E-state index in [1.807, 2.05) is 0 Å². The van der Waals surface area contributed by atoms with Gasteiger partial charge in [-0.2, -0.15) is 0 Å². The zero-order chi connectivity index (χ0) is 12.1. The fourth-order valence-corrected chi connectivity index (χ4v) is 2.65. The van der Waals surface area contributed by atoms with E-state index in [1.165, 1.54) is 19.4 Å². The van der Waals surface area contributed by atoms with Crippen molar-refractivity contribution in [1.82, 2.24) is 9.80 Å². The van der Waals surface area contributed by atoms with Gasteiger partial charge < -0.3 is 10.0 Å².